The number of aliphatic carboxylic acids is 1. The molecule has 11 heavy (non-hydrogen) atoms. The molecule has 0 aromatic heterocycles. The fraction of sp³-hybridized carbons (Fsp3) is 0.625. The molecule has 62 valence electrons. The standard InChI is InChI=1S/C8H13NO2/c1-7-2-4-9(5-3-7)6-8(10)11/h2H,3-6H2,1H3,(H,10,11). The van der Waals surface area contributed by atoms with Gasteiger partial charge < -0.3 is 5.11 Å². The summed E-state index contributed by atoms with van der Waals surface area (Å²) in [7, 11) is 0. The van der Waals surface area contributed by atoms with Gasteiger partial charge in [0.1, 0.15) is 0 Å². The van der Waals surface area contributed by atoms with Crippen molar-refractivity contribution in [2.45, 2.75) is 13.3 Å². The molecule has 0 atom stereocenters. The maximum atomic E-state index is 10.3. The van der Waals surface area contributed by atoms with Crippen LogP contribution in [0.2, 0.25) is 0 Å². The fourth-order valence-electron chi connectivity index (χ4n) is 1.15. The van der Waals surface area contributed by atoms with Gasteiger partial charge in [0.25, 0.3) is 0 Å². The van der Waals surface area contributed by atoms with Gasteiger partial charge in [-0.3, -0.25) is 9.69 Å². The molecule has 1 aliphatic heterocycles. The highest BCUT2D eigenvalue weighted by atomic mass is 16.4. The van der Waals surface area contributed by atoms with Crippen molar-refractivity contribution in [3.05, 3.63) is 11.6 Å². The van der Waals surface area contributed by atoms with Gasteiger partial charge in [-0.1, -0.05) is 11.6 Å². The summed E-state index contributed by atoms with van der Waals surface area (Å²) in [6.07, 6.45) is 3.10. The molecular weight excluding hydrogens is 142 g/mol. The molecule has 0 saturated carbocycles. The van der Waals surface area contributed by atoms with Gasteiger partial charge in [-0.05, 0) is 13.3 Å². The normalized spacial score (nSPS) is 19.5. The molecule has 1 rings (SSSR count). The lowest BCUT2D eigenvalue weighted by atomic mass is 10.1. The predicted molar refractivity (Wildman–Crippen MR) is 42.4 cm³/mol. The van der Waals surface area contributed by atoms with E-state index < -0.39 is 5.97 Å². The lowest BCUT2D eigenvalue weighted by molar-refractivity contribution is -0.138. The second-order valence-electron chi connectivity index (χ2n) is 2.93. The van der Waals surface area contributed by atoms with Crippen LogP contribution in [0.15, 0.2) is 11.6 Å². The van der Waals surface area contributed by atoms with E-state index in [0.29, 0.717) is 0 Å². The Labute approximate surface area is 66.3 Å². The van der Waals surface area contributed by atoms with Gasteiger partial charge in [-0.25, -0.2) is 0 Å². The van der Waals surface area contributed by atoms with Crippen LogP contribution in [-0.2, 0) is 4.79 Å². The Morgan fingerprint density at radius 1 is 1.82 bits per heavy atom. The zero-order valence-electron chi connectivity index (χ0n) is 6.71. The van der Waals surface area contributed by atoms with E-state index in [4.69, 9.17) is 5.11 Å². The summed E-state index contributed by atoms with van der Waals surface area (Å²) in [5.41, 5.74) is 1.37. The number of rotatable bonds is 2. The molecule has 1 heterocycles. The van der Waals surface area contributed by atoms with Gasteiger partial charge in [-0.15, -0.1) is 0 Å². The molecule has 1 aliphatic rings. The number of carbonyl (C=O) groups is 1. The highest BCUT2D eigenvalue weighted by Crippen LogP contribution is 2.08. The van der Waals surface area contributed by atoms with E-state index >= 15 is 0 Å². The largest absolute Gasteiger partial charge is 0.480 e. The summed E-state index contributed by atoms with van der Waals surface area (Å²) >= 11 is 0. The molecule has 0 radical (unpaired) electrons. The number of carboxylic acids is 1. The molecule has 0 aromatic rings. The molecule has 1 N–H and O–H groups in total. The Balaban J connectivity index is 2.35. The van der Waals surface area contributed by atoms with E-state index in [1.54, 1.807) is 0 Å². The van der Waals surface area contributed by atoms with Crippen LogP contribution in [-0.4, -0.2) is 35.6 Å². The average Bonchev–Trinajstić information content (AvgIpc) is 1.93. The minimum Gasteiger partial charge on any atom is -0.480 e. The van der Waals surface area contributed by atoms with Crippen molar-refractivity contribution in [2.75, 3.05) is 19.6 Å². The zero-order valence-corrected chi connectivity index (χ0v) is 6.71. The van der Waals surface area contributed by atoms with Crippen molar-refractivity contribution < 1.29 is 9.90 Å². The van der Waals surface area contributed by atoms with Crippen LogP contribution in [0.1, 0.15) is 13.3 Å². The van der Waals surface area contributed by atoms with Gasteiger partial charge in [0.2, 0.25) is 0 Å². The lowest BCUT2D eigenvalue weighted by Gasteiger charge is -2.22. The molecule has 3 heteroatoms. The minimum atomic E-state index is -0.738. The number of nitrogens with zero attached hydrogens (tertiary/aromatic N) is 1. The summed E-state index contributed by atoms with van der Waals surface area (Å²) in [6.45, 7) is 3.93. The SMILES string of the molecule is CC1=CCN(CC(=O)O)CC1. The Morgan fingerprint density at radius 3 is 3.00 bits per heavy atom. The van der Waals surface area contributed by atoms with Crippen molar-refractivity contribution in [1.29, 1.82) is 0 Å². The van der Waals surface area contributed by atoms with Gasteiger partial charge in [0.05, 0.1) is 6.54 Å². The van der Waals surface area contributed by atoms with Gasteiger partial charge >= 0.3 is 5.97 Å². The third-order valence-corrected chi connectivity index (χ3v) is 1.88. The average molecular weight is 155 g/mol. The molecule has 0 fully saturated rings. The number of carboxylic acid groups (broad SMARTS) is 1. The van der Waals surface area contributed by atoms with Crippen molar-refractivity contribution in [1.82, 2.24) is 4.90 Å². The van der Waals surface area contributed by atoms with Crippen molar-refractivity contribution in [3.63, 3.8) is 0 Å². The van der Waals surface area contributed by atoms with Gasteiger partial charge in [-0.2, -0.15) is 0 Å². The quantitative estimate of drug-likeness (QED) is 0.597. The Hall–Kier alpha value is -0.830. The summed E-state index contributed by atoms with van der Waals surface area (Å²) in [4.78, 5) is 12.2. The van der Waals surface area contributed by atoms with Crippen molar-refractivity contribution >= 4 is 5.97 Å². The summed E-state index contributed by atoms with van der Waals surface area (Å²) in [5.74, 6) is -0.738. The molecule has 0 unspecified atom stereocenters. The first-order chi connectivity index (χ1) is 5.18. The lowest BCUT2D eigenvalue weighted by Crippen LogP contribution is -2.33. The summed E-state index contributed by atoms with van der Waals surface area (Å²) in [5, 5.41) is 8.47. The Bertz CT molecular complexity index is 187. The molecule has 0 amide bonds. The van der Waals surface area contributed by atoms with Crippen molar-refractivity contribution in [2.24, 2.45) is 0 Å². The molecule has 0 aliphatic carbocycles. The van der Waals surface area contributed by atoms with Gasteiger partial charge in [0, 0.05) is 13.1 Å². The topological polar surface area (TPSA) is 40.5 Å². The summed E-state index contributed by atoms with van der Waals surface area (Å²) in [6, 6.07) is 0. The highest BCUT2D eigenvalue weighted by Gasteiger charge is 2.11. The van der Waals surface area contributed by atoms with E-state index in [2.05, 4.69) is 13.0 Å². The molecule has 0 spiro atoms. The Morgan fingerprint density at radius 2 is 2.55 bits per heavy atom. The second kappa shape index (κ2) is 3.53. The van der Waals surface area contributed by atoms with Crippen LogP contribution < -0.4 is 0 Å². The second-order valence-corrected chi connectivity index (χ2v) is 2.93. The Kier molecular flexibility index (Phi) is 2.65. The smallest absolute Gasteiger partial charge is 0.317 e. The van der Waals surface area contributed by atoms with E-state index in [1.807, 2.05) is 4.90 Å². The molecule has 0 bridgehead atoms. The van der Waals surface area contributed by atoms with E-state index in [-0.39, 0.29) is 6.54 Å². The minimum absolute atomic E-state index is 0.170. The van der Waals surface area contributed by atoms with Crippen LogP contribution >= 0.6 is 0 Å². The number of hydrogen-bond acceptors (Lipinski definition) is 2. The zero-order chi connectivity index (χ0) is 8.27. The maximum absolute atomic E-state index is 10.3. The van der Waals surface area contributed by atoms with Crippen LogP contribution in [0.5, 0.6) is 0 Å². The first-order valence-electron chi connectivity index (χ1n) is 3.78. The monoisotopic (exact) mass is 155 g/mol. The van der Waals surface area contributed by atoms with Crippen LogP contribution in [0.3, 0.4) is 0 Å². The van der Waals surface area contributed by atoms with Crippen LogP contribution in [0.4, 0.5) is 0 Å². The first kappa shape index (κ1) is 8.27. The molecule has 0 saturated heterocycles. The van der Waals surface area contributed by atoms with Crippen LogP contribution in [0.25, 0.3) is 0 Å². The predicted octanol–water partition coefficient (Wildman–Crippen LogP) is 0.723. The molecular formula is C8H13NO2. The highest BCUT2D eigenvalue weighted by molar-refractivity contribution is 5.69. The maximum Gasteiger partial charge on any atom is 0.317 e. The van der Waals surface area contributed by atoms with Crippen molar-refractivity contribution in [3.8, 4) is 0 Å². The molecule has 0 aromatic carbocycles. The number of hydrogen-bond donors (Lipinski definition) is 1. The fourth-order valence-corrected chi connectivity index (χ4v) is 1.15. The first-order valence-corrected chi connectivity index (χ1v) is 3.78. The van der Waals surface area contributed by atoms with E-state index in [1.165, 1.54) is 5.57 Å². The van der Waals surface area contributed by atoms with Gasteiger partial charge in [0.15, 0.2) is 0 Å². The van der Waals surface area contributed by atoms with Crippen LogP contribution in [0, 0.1) is 0 Å². The van der Waals surface area contributed by atoms with E-state index in [9.17, 15) is 4.79 Å². The third kappa shape index (κ3) is 2.72. The molecule has 3 nitrogen and oxygen atoms in total. The van der Waals surface area contributed by atoms with E-state index in [0.717, 1.165) is 19.5 Å². The third-order valence-electron chi connectivity index (χ3n) is 1.88. The summed E-state index contributed by atoms with van der Waals surface area (Å²) < 4.78 is 0.